The second-order valence-corrected chi connectivity index (χ2v) is 13.4. The molecule has 3 aliphatic rings. The van der Waals surface area contributed by atoms with E-state index >= 15 is 9.18 Å². The Balaban J connectivity index is 1.46. The molecule has 0 radical (unpaired) electrons. The lowest BCUT2D eigenvalue weighted by atomic mass is 9.70. The smallest absolute Gasteiger partial charge is 0.338 e. The Labute approximate surface area is 302 Å². The maximum atomic E-state index is 16.4. The van der Waals surface area contributed by atoms with Gasteiger partial charge in [-0.1, -0.05) is 53.5 Å². The van der Waals surface area contributed by atoms with E-state index in [9.17, 15) is 19.7 Å². The van der Waals surface area contributed by atoms with Crippen molar-refractivity contribution in [1.82, 2.24) is 4.90 Å². The first-order valence-electron chi connectivity index (χ1n) is 16.2. The second-order valence-electron chi connectivity index (χ2n) is 12.6. The van der Waals surface area contributed by atoms with Gasteiger partial charge in [-0.2, -0.15) is 0 Å². The maximum Gasteiger partial charge on any atom is 0.338 e. The quantitative estimate of drug-likeness (QED) is 0.115. The van der Waals surface area contributed by atoms with Crippen LogP contribution in [0.4, 0.5) is 21.5 Å². The number of nitro groups is 1. The van der Waals surface area contributed by atoms with Crippen LogP contribution < -0.4 is 15.0 Å². The van der Waals surface area contributed by atoms with Gasteiger partial charge in [-0.25, -0.2) is 9.18 Å². The average Bonchev–Trinajstić information content (AvgIpc) is 3.56. The summed E-state index contributed by atoms with van der Waals surface area (Å²) >= 11 is 12.8. The summed E-state index contributed by atoms with van der Waals surface area (Å²) < 4.78 is 26.9. The molecule has 4 atom stereocenters. The van der Waals surface area contributed by atoms with Crippen molar-refractivity contribution in [2.75, 3.05) is 30.5 Å². The molecule has 2 amide bonds. The van der Waals surface area contributed by atoms with Gasteiger partial charge in [0, 0.05) is 47.4 Å². The van der Waals surface area contributed by atoms with Crippen molar-refractivity contribution in [2.45, 2.75) is 37.4 Å². The number of carbonyl (C=O) groups is 3. The first-order chi connectivity index (χ1) is 24.5. The van der Waals surface area contributed by atoms with Gasteiger partial charge in [0.25, 0.3) is 5.69 Å². The molecule has 0 unspecified atom stereocenters. The van der Waals surface area contributed by atoms with Crippen molar-refractivity contribution in [3.8, 4) is 5.75 Å². The molecule has 0 bridgehead atoms. The summed E-state index contributed by atoms with van der Waals surface area (Å²) in [5.74, 6) is -4.21. The number of hydrogen-bond donors (Lipinski definition) is 1. The summed E-state index contributed by atoms with van der Waals surface area (Å²) in [6, 6.07) is 19.9. The van der Waals surface area contributed by atoms with Crippen molar-refractivity contribution in [2.24, 2.45) is 5.92 Å². The first-order valence-corrected chi connectivity index (χ1v) is 17.0. The van der Waals surface area contributed by atoms with Crippen LogP contribution in [0.25, 0.3) is 0 Å². The zero-order chi connectivity index (χ0) is 36.2. The lowest BCUT2D eigenvalue weighted by Crippen LogP contribution is -2.53. The van der Waals surface area contributed by atoms with Gasteiger partial charge >= 0.3 is 5.97 Å². The van der Waals surface area contributed by atoms with Gasteiger partial charge in [-0.15, -0.1) is 0 Å². The number of halogens is 3. The van der Waals surface area contributed by atoms with Crippen molar-refractivity contribution in [1.29, 1.82) is 0 Å². The van der Waals surface area contributed by atoms with E-state index in [0.717, 1.165) is 18.7 Å². The number of nitrogens with one attached hydrogen (secondary N) is 1. The fourth-order valence-electron chi connectivity index (χ4n) is 8.10. The summed E-state index contributed by atoms with van der Waals surface area (Å²) in [5, 5.41) is 15.5. The number of esters is 1. The Morgan fingerprint density at radius 2 is 1.86 bits per heavy atom. The average molecular weight is 734 g/mol. The predicted molar refractivity (Wildman–Crippen MR) is 188 cm³/mol. The maximum absolute atomic E-state index is 16.4. The molecule has 51 heavy (non-hydrogen) atoms. The number of likely N-dealkylation sites (tertiary alicyclic amines) is 1. The third-order valence-electron chi connectivity index (χ3n) is 10.0. The van der Waals surface area contributed by atoms with E-state index in [0.29, 0.717) is 28.6 Å². The number of amides is 2. The van der Waals surface area contributed by atoms with Crippen molar-refractivity contribution in [3.63, 3.8) is 0 Å². The Bertz CT molecular complexity index is 2120. The Morgan fingerprint density at radius 1 is 1.08 bits per heavy atom. The van der Waals surface area contributed by atoms with Crippen molar-refractivity contribution >= 4 is 58.0 Å². The minimum atomic E-state index is -1.64. The Hall–Kier alpha value is -5.04. The van der Waals surface area contributed by atoms with Gasteiger partial charge in [0.15, 0.2) is 0 Å². The molecule has 3 heterocycles. The monoisotopic (exact) mass is 732 g/mol. The third-order valence-corrected chi connectivity index (χ3v) is 10.6. The van der Waals surface area contributed by atoms with Crippen LogP contribution >= 0.6 is 23.2 Å². The number of fused-ring (bicyclic) bond motifs is 3. The highest BCUT2D eigenvalue weighted by Gasteiger charge is 2.69. The normalized spacial score (nSPS) is 22.5. The standard InChI is InChI=1S/C37H31Cl2FN4O7/c1-3-51-23-7-4-6-20(16-23)19-43-29-14-15-42(28-13-10-21(35(46)50-2)17-30(28)44(48)49)34(45)31(29)32(24-8-5-9-26(39)33(24)40)37(43)25-12-11-22(38)18-27(25)41-36(37)47/h4-13,16-18,29,31-32H,3,14-15,19H2,1-2H3,(H,41,47)/t29-,31+,32-,37+/m1/s1. The van der Waals surface area contributed by atoms with Gasteiger partial charge in [0.05, 0.1) is 35.1 Å². The van der Waals surface area contributed by atoms with Gasteiger partial charge in [0.2, 0.25) is 11.8 Å². The molecule has 0 saturated carbocycles. The van der Waals surface area contributed by atoms with Crippen LogP contribution in [0.5, 0.6) is 5.75 Å². The van der Waals surface area contributed by atoms with Crippen LogP contribution in [0.1, 0.15) is 46.3 Å². The molecule has 14 heteroatoms. The minimum absolute atomic E-state index is 0.0316. The van der Waals surface area contributed by atoms with E-state index in [1.54, 1.807) is 24.3 Å². The van der Waals surface area contributed by atoms with E-state index in [2.05, 4.69) is 5.32 Å². The first kappa shape index (κ1) is 34.4. The molecule has 1 N–H and O–H groups in total. The summed E-state index contributed by atoms with van der Waals surface area (Å²) in [6.07, 6.45) is 0.258. The van der Waals surface area contributed by atoms with Gasteiger partial charge in [0.1, 0.15) is 22.8 Å². The number of rotatable bonds is 8. The lowest BCUT2D eigenvalue weighted by Gasteiger charge is -2.40. The van der Waals surface area contributed by atoms with Gasteiger partial charge < -0.3 is 19.7 Å². The largest absolute Gasteiger partial charge is 0.494 e. The fourth-order valence-corrected chi connectivity index (χ4v) is 8.45. The number of ether oxygens (including phenoxy) is 2. The predicted octanol–water partition coefficient (Wildman–Crippen LogP) is 7.09. The molecular weight excluding hydrogens is 702 g/mol. The van der Waals surface area contributed by atoms with E-state index < -0.39 is 57.6 Å². The molecule has 262 valence electrons. The van der Waals surface area contributed by atoms with E-state index in [4.69, 9.17) is 32.7 Å². The highest BCUT2D eigenvalue weighted by Crippen LogP contribution is 2.62. The molecule has 3 aliphatic heterocycles. The Morgan fingerprint density at radius 3 is 2.61 bits per heavy atom. The van der Waals surface area contributed by atoms with E-state index in [1.165, 1.54) is 29.2 Å². The summed E-state index contributed by atoms with van der Waals surface area (Å²) in [4.78, 5) is 57.0. The molecule has 2 saturated heterocycles. The summed E-state index contributed by atoms with van der Waals surface area (Å²) in [6.45, 7) is 2.50. The number of hydrogen-bond acceptors (Lipinski definition) is 8. The Kier molecular flexibility index (Phi) is 8.94. The molecule has 0 aromatic heterocycles. The van der Waals surface area contributed by atoms with Crippen LogP contribution in [-0.2, 0) is 26.4 Å². The number of nitrogens with zero attached hydrogens (tertiary/aromatic N) is 3. The molecular formula is C37H31Cl2FN4O7. The molecule has 4 aromatic rings. The number of carbonyl (C=O) groups excluding carboxylic acids is 3. The van der Waals surface area contributed by atoms with E-state index in [-0.39, 0.29) is 41.3 Å². The van der Waals surface area contributed by atoms with E-state index in [1.807, 2.05) is 36.1 Å². The van der Waals surface area contributed by atoms with Gasteiger partial charge in [-0.05, 0) is 66.9 Å². The zero-order valence-electron chi connectivity index (χ0n) is 27.4. The molecule has 7 rings (SSSR count). The number of benzene rings is 4. The molecule has 11 nitrogen and oxygen atoms in total. The SMILES string of the molecule is CCOc1cccc(CN2[C@@H]3CCN(c4ccc(C(=O)OC)cc4[N+](=O)[O-])C(=O)[C@@H]3[C@@H](c3cccc(Cl)c3F)[C@@]23C(=O)Nc2cc(Cl)ccc23)c1. The molecule has 1 spiro atoms. The van der Waals surface area contributed by atoms with Crippen LogP contribution in [0.3, 0.4) is 0 Å². The third kappa shape index (κ3) is 5.49. The summed E-state index contributed by atoms with van der Waals surface area (Å²) in [7, 11) is 1.16. The van der Waals surface area contributed by atoms with Crippen LogP contribution in [-0.4, -0.2) is 53.9 Å². The number of piperidine rings is 1. The lowest BCUT2D eigenvalue weighted by molar-refractivity contribution is -0.384. The molecule has 4 aromatic carbocycles. The number of nitro benzene ring substituents is 1. The minimum Gasteiger partial charge on any atom is -0.494 e. The second kappa shape index (κ2) is 13.3. The highest BCUT2D eigenvalue weighted by atomic mass is 35.5. The van der Waals surface area contributed by atoms with Crippen LogP contribution in [0.15, 0.2) is 78.9 Å². The topological polar surface area (TPSA) is 131 Å². The zero-order valence-corrected chi connectivity index (χ0v) is 28.9. The number of anilines is 2. The molecule has 0 aliphatic carbocycles. The van der Waals surface area contributed by atoms with Crippen molar-refractivity contribution < 1.29 is 33.2 Å². The van der Waals surface area contributed by atoms with Gasteiger partial charge in [-0.3, -0.25) is 24.6 Å². The fraction of sp³-hybridized carbons (Fsp3) is 0.270. The highest BCUT2D eigenvalue weighted by molar-refractivity contribution is 6.31. The molecule has 2 fully saturated rings. The van der Waals surface area contributed by atoms with Crippen LogP contribution in [0.2, 0.25) is 10.0 Å². The number of methoxy groups -OCH3 is 1. The van der Waals surface area contributed by atoms with Crippen LogP contribution in [0, 0.1) is 21.8 Å². The summed E-state index contributed by atoms with van der Waals surface area (Å²) in [5.41, 5.74) is -0.472. The van der Waals surface area contributed by atoms with Crippen molar-refractivity contribution in [3.05, 3.63) is 127 Å².